The van der Waals surface area contributed by atoms with Gasteiger partial charge < -0.3 is 10.0 Å². The third-order valence-electron chi connectivity index (χ3n) is 2.02. The van der Waals surface area contributed by atoms with Gasteiger partial charge in [0.15, 0.2) is 5.16 Å². The van der Waals surface area contributed by atoms with Crippen molar-refractivity contribution in [2.75, 3.05) is 20.4 Å². The second-order valence-corrected chi connectivity index (χ2v) is 4.41. The summed E-state index contributed by atoms with van der Waals surface area (Å²) in [5.41, 5.74) is 1.07. The van der Waals surface area contributed by atoms with Gasteiger partial charge in [0, 0.05) is 20.3 Å². The molecule has 0 atom stereocenters. The lowest BCUT2D eigenvalue weighted by molar-refractivity contribution is 0.0694. The van der Waals surface area contributed by atoms with E-state index < -0.39 is 5.97 Å². The Bertz CT molecular complexity index is 458. The molecule has 5 nitrogen and oxygen atoms in total. The molecule has 6 heteroatoms. The molecule has 0 aliphatic carbocycles. The fourth-order valence-electron chi connectivity index (χ4n) is 1.26. The quantitative estimate of drug-likeness (QED) is 0.651. The van der Waals surface area contributed by atoms with Crippen molar-refractivity contribution in [3.8, 4) is 0 Å². The summed E-state index contributed by atoms with van der Waals surface area (Å²) in [6.45, 7) is 1.68. The van der Waals surface area contributed by atoms with Gasteiger partial charge in [-0.15, -0.1) is 0 Å². The molecule has 0 radical (unpaired) electrons. The van der Waals surface area contributed by atoms with Crippen molar-refractivity contribution in [3.05, 3.63) is 23.2 Å². The molecule has 0 aromatic carbocycles. The molecule has 0 saturated heterocycles. The zero-order valence-corrected chi connectivity index (χ0v) is 11.1. The van der Waals surface area contributed by atoms with E-state index >= 15 is 0 Å². The van der Waals surface area contributed by atoms with E-state index in [1.165, 1.54) is 11.8 Å². The number of aromatic nitrogens is 2. The van der Waals surface area contributed by atoms with Gasteiger partial charge in [-0.05, 0) is 19.3 Å². The highest BCUT2D eigenvalue weighted by atomic mass is 32.2. The number of nitrogens with zero attached hydrogens (tertiary/aromatic N) is 3. The van der Waals surface area contributed by atoms with Crippen molar-refractivity contribution in [2.24, 2.45) is 0 Å². The lowest BCUT2D eigenvalue weighted by atomic mass is 10.1. The minimum atomic E-state index is -1.01. The van der Waals surface area contributed by atoms with E-state index in [2.05, 4.69) is 9.97 Å². The van der Waals surface area contributed by atoms with Crippen LogP contribution < -0.4 is 0 Å². The lowest BCUT2D eigenvalue weighted by Gasteiger charge is -2.08. The van der Waals surface area contributed by atoms with Crippen LogP contribution in [-0.2, 0) is 0 Å². The van der Waals surface area contributed by atoms with Crippen LogP contribution >= 0.6 is 11.8 Å². The number of rotatable bonds is 4. The van der Waals surface area contributed by atoms with Gasteiger partial charge in [0.25, 0.3) is 0 Å². The van der Waals surface area contributed by atoms with Crippen LogP contribution in [0.5, 0.6) is 0 Å². The van der Waals surface area contributed by atoms with E-state index in [9.17, 15) is 4.79 Å². The van der Waals surface area contributed by atoms with E-state index in [-0.39, 0.29) is 5.56 Å². The first-order valence-electron chi connectivity index (χ1n) is 4.96. The van der Waals surface area contributed by atoms with Gasteiger partial charge >= 0.3 is 5.97 Å². The molecule has 0 saturated carbocycles. The molecule has 1 heterocycles. The van der Waals surface area contributed by atoms with Crippen molar-refractivity contribution in [1.82, 2.24) is 14.9 Å². The highest BCUT2D eigenvalue weighted by Gasteiger charge is 2.15. The average molecular weight is 253 g/mol. The average Bonchev–Trinajstić information content (AvgIpc) is 2.24. The predicted molar refractivity (Wildman–Crippen MR) is 68.2 cm³/mol. The molecule has 0 aliphatic heterocycles. The maximum absolute atomic E-state index is 11.2. The Morgan fingerprint density at radius 1 is 1.41 bits per heavy atom. The molecule has 0 spiro atoms. The number of aromatic carboxylic acids is 1. The standard InChI is InChI=1S/C11H15N3O2S/c1-7-9(10(15)16)8(5-6-14(2)3)13-11(12-7)17-4/h5-6H,1-4H3,(H,15,16)/b6-5+. The summed E-state index contributed by atoms with van der Waals surface area (Å²) in [6, 6.07) is 0. The van der Waals surface area contributed by atoms with Crippen LogP contribution in [0.15, 0.2) is 11.4 Å². The molecule has 0 fully saturated rings. The highest BCUT2D eigenvalue weighted by molar-refractivity contribution is 7.98. The van der Waals surface area contributed by atoms with Crippen molar-refractivity contribution >= 4 is 23.8 Å². The summed E-state index contributed by atoms with van der Waals surface area (Å²) >= 11 is 1.39. The summed E-state index contributed by atoms with van der Waals surface area (Å²) in [4.78, 5) is 21.3. The van der Waals surface area contributed by atoms with E-state index in [0.29, 0.717) is 16.5 Å². The summed E-state index contributed by atoms with van der Waals surface area (Å²) in [6.07, 6.45) is 5.30. The number of carboxylic acid groups (broad SMARTS) is 1. The Balaban J connectivity index is 3.32. The molecule has 0 amide bonds. The minimum absolute atomic E-state index is 0.154. The molecular weight excluding hydrogens is 238 g/mol. The topological polar surface area (TPSA) is 66.3 Å². The highest BCUT2D eigenvalue weighted by Crippen LogP contribution is 2.17. The summed E-state index contributed by atoms with van der Waals surface area (Å²) in [7, 11) is 3.72. The maximum atomic E-state index is 11.2. The normalized spacial score (nSPS) is 10.8. The van der Waals surface area contributed by atoms with Gasteiger partial charge in [0.05, 0.1) is 11.4 Å². The first kappa shape index (κ1) is 13.5. The van der Waals surface area contributed by atoms with E-state index in [1.807, 2.05) is 25.3 Å². The number of thioether (sulfide) groups is 1. The SMILES string of the molecule is CSc1nc(C)c(C(=O)O)c(/C=C/N(C)C)n1. The summed E-state index contributed by atoms with van der Waals surface area (Å²) in [5, 5.41) is 9.72. The Hall–Kier alpha value is -1.56. The van der Waals surface area contributed by atoms with Gasteiger partial charge in [0.1, 0.15) is 5.56 Å². The maximum Gasteiger partial charge on any atom is 0.339 e. The third kappa shape index (κ3) is 3.45. The van der Waals surface area contributed by atoms with Crippen molar-refractivity contribution in [2.45, 2.75) is 12.1 Å². The molecule has 1 rings (SSSR count). The fourth-order valence-corrected chi connectivity index (χ4v) is 1.68. The van der Waals surface area contributed by atoms with Gasteiger partial charge in [-0.25, -0.2) is 14.8 Å². The number of hydrogen-bond acceptors (Lipinski definition) is 5. The van der Waals surface area contributed by atoms with Crippen LogP contribution in [0, 0.1) is 6.92 Å². The van der Waals surface area contributed by atoms with Gasteiger partial charge in [-0.3, -0.25) is 0 Å². The second kappa shape index (κ2) is 5.67. The molecule has 0 unspecified atom stereocenters. The molecule has 92 valence electrons. The molecule has 0 aliphatic rings. The summed E-state index contributed by atoms with van der Waals surface area (Å²) < 4.78 is 0. The Kier molecular flexibility index (Phi) is 4.51. The van der Waals surface area contributed by atoms with Crippen molar-refractivity contribution in [3.63, 3.8) is 0 Å². The Labute approximate surface area is 105 Å². The monoisotopic (exact) mass is 253 g/mol. The number of carbonyl (C=O) groups is 1. The zero-order valence-electron chi connectivity index (χ0n) is 10.3. The van der Waals surface area contributed by atoms with Crippen molar-refractivity contribution in [1.29, 1.82) is 0 Å². The van der Waals surface area contributed by atoms with E-state index in [1.54, 1.807) is 19.2 Å². The molecule has 0 bridgehead atoms. The Morgan fingerprint density at radius 2 is 2.06 bits per heavy atom. The van der Waals surface area contributed by atoms with Crippen LogP contribution in [-0.4, -0.2) is 46.3 Å². The van der Waals surface area contributed by atoms with Crippen LogP contribution in [0.4, 0.5) is 0 Å². The zero-order chi connectivity index (χ0) is 13.0. The predicted octanol–water partition coefficient (Wildman–Crippen LogP) is 1.74. The van der Waals surface area contributed by atoms with Crippen LogP contribution in [0.1, 0.15) is 21.7 Å². The van der Waals surface area contributed by atoms with Crippen LogP contribution in [0.25, 0.3) is 6.08 Å². The number of aryl methyl sites for hydroxylation is 1. The molecule has 1 aromatic rings. The molecular formula is C11H15N3O2S. The fraction of sp³-hybridized carbons (Fsp3) is 0.364. The second-order valence-electron chi connectivity index (χ2n) is 3.64. The molecule has 1 aromatic heterocycles. The van der Waals surface area contributed by atoms with Gasteiger partial charge in [0.2, 0.25) is 0 Å². The molecule has 17 heavy (non-hydrogen) atoms. The largest absolute Gasteiger partial charge is 0.478 e. The van der Waals surface area contributed by atoms with Gasteiger partial charge in [-0.2, -0.15) is 0 Å². The van der Waals surface area contributed by atoms with Crippen molar-refractivity contribution < 1.29 is 9.90 Å². The first-order valence-corrected chi connectivity index (χ1v) is 6.18. The number of hydrogen-bond donors (Lipinski definition) is 1. The lowest BCUT2D eigenvalue weighted by Crippen LogP contribution is -2.09. The van der Waals surface area contributed by atoms with Crippen LogP contribution in [0.3, 0.4) is 0 Å². The molecule has 1 N–H and O–H groups in total. The number of carboxylic acids is 1. The van der Waals surface area contributed by atoms with E-state index in [4.69, 9.17) is 5.11 Å². The van der Waals surface area contributed by atoms with E-state index in [0.717, 1.165) is 0 Å². The van der Waals surface area contributed by atoms with Gasteiger partial charge in [-0.1, -0.05) is 11.8 Å². The minimum Gasteiger partial charge on any atom is -0.478 e. The van der Waals surface area contributed by atoms with Crippen LogP contribution in [0.2, 0.25) is 0 Å². The summed E-state index contributed by atoms with van der Waals surface area (Å²) in [5.74, 6) is -1.01. The Morgan fingerprint density at radius 3 is 2.53 bits per heavy atom. The third-order valence-corrected chi connectivity index (χ3v) is 2.57. The smallest absolute Gasteiger partial charge is 0.339 e. The first-order chi connectivity index (χ1) is 7.95.